The average Bonchev–Trinajstić information content (AvgIpc) is 3.44. The van der Waals surface area contributed by atoms with Crippen molar-refractivity contribution in [2.45, 2.75) is 76.5 Å². The molecule has 0 saturated carbocycles. The molecule has 2 saturated heterocycles. The highest BCUT2D eigenvalue weighted by Gasteiger charge is 2.38. The van der Waals surface area contributed by atoms with Crippen LogP contribution in [0.25, 0.3) is 0 Å². The summed E-state index contributed by atoms with van der Waals surface area (Å²) in [5.41, 5.74) is 2.04. The second kappa shape index (κ2) is 10.3. The van der Waals surface area contributed by atoms with E-state index >= 15 is 0 Å². The largest absolute Gasteiger partial charge is 0.416 e. The topological polar surface area (TPSA) is 60.4 Å². The average molecular weight is 508 g/mol. The van der Waals surface area contributed by atoms with Gasteiger partial charge in [-0.3, -0.25) is 19.5 Å². The predicted octanol–water partition coefficient (Wildman–Crippen LogP) is 2.88. The molecule has 4 aliphatic rings. The first-order valence-corrected chi connectivity index (χ1v) is 13.1. The van der Waals surface area contributed by atoms with Crippen molar-refractivity contribution in [3.05, 3.63) is 34.9 Å². The van der Waals surface area contributed by atoms with Gasteiger partial charge >= 0.3 is 6.18 Å². The van der Waals surface area contributed by atoms with E-state index < -0.39 is 11.7 Å². The van der Waals surface area contributed by atoms with Crippen LogP contribution >= 0.6 is 0 Å². The maximum Gasteiger partial charge on any atom is 0.416 e. The Morgan fingerprint density at radius 2 is 1.86 bits per heavy atom. The van der Waals surface area contributed by atoms with Gasteiger partial charge in [0.25, 0.3) is 0 Å². The summed E-state index contributed by atoms with van der Waals surface area (Å²) < 4.78 is 39.3. The van der Waals surface area contributed by atoms with Crippen LogP contribution in [0.5, 0.6) is 0 Å². The van der Waals surface area contributed by atoms with Crippen LogP contribution in [-0.2, 0) is 28.8 Å². The van der Waals surface area contributed by atoms with Crippen molar-refractivity contribution >= 4 is 11.6 Å². The smallest absolute Gasteiger partial charge is 0.391 e. The highest BCUT2D eigenvalue weighted by atomic mass is 19.4. The number of nitrogens with zero attached hydrogens (tertiary/aromatic N) is 4. The Labute approximate surface area is 210 Å². The zero-order chi connectivity index (χ0) is 25.4. The first kappa shape index (κ1) is 25.5. The molecular weight excluding hydrogens is 471 g/mol. The first-order valence-electron chi connectivity index (χ1n) is 13.1. The van der Waals surface area contributed by atoms with Gasteiger partial charge in [0.05, 0.1) is 23.9 Å². The van der Waals surface area contributed by atoms with E-state index in [1.54, 1.807) is 6.07 Å². The highest BCUT2D eigenvalue weighted by molar-refractivity contribution is 5.88. The highest BCUT2D eigenvalue weighted by Crippen LogP contribution is 2.32. The van der Waals surface area contributed by atoms with Crippen molar-refractivity contribution in [1.82, 2.24) is 20.0 Å². The molecule has 4 aliphatic heterocycles. The summed E-state index contributed by atoms with van der Waals surface area (Å²) in [6, 6.07) is 4.88. The monoisotopic (exact) mass is 507 g/mol. The van der Waals surface area contributed by atoms with Crippen molar-refractivity contribution in [1.29, 1.82) is 0 Å². The molecule has 4 heterocycles. The van der Waals surface area contributed by atoms with Crippen molar-refractivity contribution in [2.24, 2.45) is 5.16 Å². The molecule has 2 fully saturated rings. The third kappa shape index (κ3) is 5.55. The fourth-order valence-electron chi connectivity index (χ4n) is 6.35. The summed E-state index contributed by atoms with van der Waals surface area (Å²) in [5.74, 6) is -0.0444. The Morgan fingerprint density at radius 1 is 1.11 bits per heavy atom. The van der Waals surface area contributed by atoms with Crippen LogP contribution in [0.4, 0.5) is 13.2 Å². The van der Waals surface area contributed by atoms with Gasteiger partial charge in [-0.1, -0.05) is 11.2 Å². The van der Waals surface area contributed by atoms with E-state index in [1.807, 2.05) is 11.8 Å². The number of fused-ring (bicyclic) bond motifs is 1. The second-order valence-electron chi connectivity index (χ2n) is 10.7. The maximum absolute atomic E-state index is 13.1. The van der Waals surface area contributed by atoms with Crippen LogP contribution in [0, 0.1) is 0 Å². The van der Waals surface area contributed by atoms with Crippen LogP contribution < -0.4 is 5.32 Å². The van der Waals surface area contributed by atoms with Crippen LogP contribution in [0.1, 0.15) is 49.8 Å². The van der Waals surface area contributed by atoms with E-state index in [0.717, 1.165) is 62.8 Å². The number of likely N-dealkylation sites (tertiary alicyclic amines) is 2. The number of rotatable bonds is 5. The second-order valence-corrected chi connectivity index (χ2v) is 10.7. The molecule has 0 radical (unpaired) electrons. The molecule has 1 aromatic rings. The normalized spacial score (nSPS) is 28.6. The molecule has 1 aromatic carbocycles. The SMILES string of the molecule is CC1=NOC(C)C1N1CCC(N2CCC(NC(=O)CN3CCc4ccc(C(F)(F)F)cc4C3)C2)CC1. The molecule has 0 spiro atoms. The Morgan fingerprint density at radius 3 is 2.56 bits per heavy atom. The maximum atomic E-state index is 13.1. The number of hydrogen-bond donors (Lipinski definition) is 1. The Hall–Kier alpha value is -2.17. The van der Waals surface area contributed by atoms with E-state index in [4.69, 9.17) is 4.84 Å². The number of nitrogens with one attached hydrogen (secondary N) is 1. The minimum absolute atomic E-state index is 0.0444. The van der Waals surface area contributed by atoms with Gasteiger partial charge in [0.15, 0.2) is 0 Å². The molecule has 10 heteroatoms. The number of amides is 1. The molecule has 36 heavy (non-hydrogen) atoms. The lowest BCUT2D eigenvalue weighted by atomic mass is 9.97. The third-order valence-corrected chi connectivity index (χ3v) is 8.22. The summed E-state index contributed by atoms with van der Waals surface area (Å²) in [4.78, 5) is 25.1. The Bertz CT molecular complexity index is 992. The predicted molar refractivity (Wildman–Crippen MR) is 131 cm³/mol. The van der Waals surface area contributed by atoms with Gasteiger partial charge in [-0.15, -0.1) is 0 Å². The molecule has 0 aromatic heterocycles. The van der Waals surface area contributed by atoms with E-state index in [0.29, 0.717) is 31.1 Å². The zero-order valence-electron chi connectivity index (χ0n) is 21.1. The van der Waals surface area contributed by atoms with Gasteiger partial charge in [-0.25, -0.2) is 0 Å². The number of piperidine rings is 1. The lowest BCUT2D eigenvalue weighted by Gasteiger charge is -2.39. The minimum atomic E-state index is -4.35. The minimum Gasteiger partial charge on any atom is -0.391 e. The molecule has 0 bridgehead atoms. The van der Waals surface area contributed by atoms with Gasteiger partial charge in [-0.05, 0) is 62.8 Å². The van der Waals surface area contributed by atoms with Crippen molar-refractivity contribution < 1.29 is 22.8 Å². The zero-order valence-corrected chi connectivity index (χ0v) is 21.1. The first-order chi connectivity index (χ1) is 17.2. The van der Waals surface area contributed by atoms with Gasteiger partial charge in [0.1, 0.15) is 6.10 Å². The van der Waals surface area contributed by atoms with E-state index in [1.165, 1.54) is 6.07 Å². The van der Waals surface area contributed by atoms with Crippen LogP contribution in [0.3, 0.4) is 0 Å². The van der Waals surface area contributed by atoms with Gasteiger partial charge in [0, 0.05) is 51.4 Å². The molecule has 1 amide bonds. The fourth-order valence-corrected chi connectivity index (χ4v) is 6.35. The standard InChI is InChI=1S/C26H36F3N5O2/c1-17-25(18(2)36-31-17)33-11-7-23(8-12-33)34-10-6-22(15-34)30-24(35)16-32-9-5-19-3-4-21(26(27,28)29)13-20(19)14-32/h3-4,13,18,22-23,25H,5-12,14-16H2,1-2H3,(H,30,35). The number of hydrogen-bond acceptors (Lipinski definition) is 6. The van der Waals surface area contributed by atoms with Crippen LogP contribution in [0.2, 0.25) is 0 Å². The summed E-state index contributed by atoms with van der Waals surface area (Å²) in [5, 5.41) is 7.33. The number of benzene rings is 1. The van der Waals surface area contributed by atoms with Crippen molar-refractivity contribution in [2.75, 3.05) is 39.3 Å². The number of carbonyl (C=O) groups excluding carboxylic acids is 1. The lowest BCUT2D eigenvalue weighted by molar-refractivity contribution is -0.137. The van der Waals surface area contributed by atoms with Crippen LogP contribution in [-0.4, -0.2) is 89.8 Å². The fraction of sp³-hybridized carbons (Fsp3) is 0.692. The molecule has 1 N–H and O–H groups in total. The molecular formula is C26H36F3N5O2. The molecule has 3 unspecified atom stereocenters. The number of oxime groups is 1. The summed E-state index contributed by atoms with van der Waals surface area (Å²) in [6.45, 7) is 9.27. The summed E-state index contributed by atoms with van der Waals surface area (Å²) >= 11 is 0. The van der Waals surface area contributed by atoms with Crippen molar-refractivity contribution in [3.63, 3.8) is 0 Å². The van der Waals surface area contributed by atoms with E-state index in [-0.39, 0.29) is 30.6 Å². The number of halogens is 3. The van der Waals surface area contributed by atoms with Crippen molar-refractivity contribution in [3.8, 4) is 0 Å². The van der Waals surface area contributed by atoms with Crippen LogP contribution in [0.15, 0.2) is 23.4 Å². The quantitative estimate of drug-likeness (QED) is 0.664. The summed E-state index contributed by atoms with van der Waals surface area (Å²) in [7, 11) is 0. The molecule has 3 atom stereocenters. The number of carbonyl (C=O) groups is 1. The summed E-state index contributed by atoms with van der Waals surface area (Å²) in [6.07, 6.45) is -0.449. The molecule has 198 valence electrons. The lowest BCUT2D eigenvalue weighted by Crippen LogP contribution is -2.52. The Kier molecular flexibility index (Phi) is 7.29. The van der Waals surface area contributed by atoms with Gasteiger partial charge in [-0.2, -0.15) is 13.2 Å². The Balaban J connectivity index is 1.07. The van der Waals surface area contributed by atoms with Gasteiger partial charge in [0.2, 0.25) is 5.91 Å². The number of alkyl halides is 3. The molecule has 7 nitrogen and oxygen atoms in total. The third-order valence-electron chi connectivity index (χ3n) is 8.22. The molecule has 5 rings (SSSR count). The van der Waals surface area contributed by atoms with E-state index in [9.17, 15) is 18.0 Å². The molecule has 0 aliphatic carbocycles. The van der Waals surface area contributed by atoms with E-state index in [2.05, 4.69) is 27.2 Å². The van der Waals surface area contributed by atoms with Gasteiger partial charge < -0.3 is 10.2 Å².